The second-order valence-electron chi connectivity index (χ2n) is 4.30. The third kappa shape index (κ3) is 4.84. The van der Waals surface area contributed by atoms with Crippen molar-refractivity contribution in [2.45, 2.75) is 32.7 Å². The fourth-order valence-corrected chi connectivity index (χ4v) is 2.03. The normalized spacial score (nSPS) is 11.8. The van der Waals surface area contributed by atoms with Crippen molar-refractivity contribution in [2.75, 3.05) is 24.5 Å². The van der Waals surface area contributed by atoms with E-state index in [4.69, 9.17) is 11.5 Å². The first-order valence-corrected chi connectivity index (χ1v) is 6.53. The molecule has 0 saturated heterocycles. The summed E-state index contributed by atoms with van der Waals surface area (Å²) in [7, 11) is 0. The van der Waals surface area contributed by atoms with Crippen molar-refractivity contribution in [3.63, 3.8) is 0 Å². The minimum Gasteiger partial charge on any atom is -0.372 e. The second-order valence-corrected chi connectivity index (χ2v) is 4.30. The van der Waals surface area contributed by atoms with Crippen LogP contribution in [-0.2, 0) is 0 Å². The van der Waals surface area contributed by atoms with Crippen LogP contribution < -0.4 is 16.4 Å². The Balaban J connectivity index is 0.00000289. The molecular weight excluding hydrogens is 246 g/mol. The Labute approximate surface area is 117 Å². The molecule has 0 fully saturated rings. The lowest BCUT2D eigenvalue weighted by Crippen LogP contribution is -2.21. The number of hydrogen-bond donors (Lipinski definition) is 2. The molecule has 0 amide bonds. The number of hydrogen-bond acceptors (Lipinski definition) is 3. The van der Waals surface area contributed by atoms with E-state index in [1.165, 1.54) is 11.3 Å². The van der Waals surface area contributed by atoms with Gasteiger partial charge in [0.05, 0.1) is 0 Å². The number of nitrogens with zero attached hydrogens (tertiary/aromatic N) is 1. The summed E-state index contributed by atoms with van der Waals surface area (Å²) >= 11 is 0. The van der Waals surface area contributed by atoms with Crippen molar-refractivity contribution in [3.05, 3.63) is 29.8 Å². The van der Waals surface area contributed by atoms with Gasteiger partial charge in [-0.2, -0.15) is 0 Å². The highest BCUT2D eigenvalue weighted by molar-refractivity contribution is 5.85. The molecule has 0 radical (unpaired) electrons. The first kappa shape index (κ1) is 17.2. The van der Waals surface area contributed by atoms with Crippen LogP contribution in [0.1, 0.15) is 38.3 Å². The van der Waals surface area contributed by atoms with Crippen LogP contribution in [0.5, 0.6) is 0 Å². The van der Waals surface area contributed by atoms with Crippen LogP contribution in [0.25, 0.3) is 0 Å². The lowest BCUT2D eigenvalue weighted by molar-refractivity contribution is 0.618. The van der Waals surface area contributed by atoms with Crippen LogP contribution in [0.15, 0.2) is 24.3 Å². The van der Waals surface area contributed by atoms with Crippen molar-refractivity contribution < 1.29 is 0 Å². The van der Waals surface area contributed by atoms with Gasteiger partial charge < -0.3 is 16.4 Å². The van der Waals surface area contributed by atoms with Gasteiger partial charge >= 0.3 is 0 Å². The van der Waals surface area contributed by atoms with Gasteiger partial charge in [0, 0.05) is 24.8 Å². The Morgan fingerprint density at radius 2 is 1.67 bits per heavy atom. The smallest absolute Gasteiger partial charge is 0.0366 e. The Bertz CT molecular complexity index is 309. The SMILES string of the molecule is CCN(CC)c1ccc([C@@H](N)CCCN)cc1.Cl. The molecule has 1 atom stereocenters. The number of nitrogens with two attached hydrogens (primary N) is 2. The molecule has 1 rings (SSSR count). The predicted octanol–water partition coefficient (Wildman–Crippen LogP) is 2.69. The molecule has 18 heavy (non-hydrogen) atoms. The summed E-state index contributed by atoms with van der Waals surface area (Å²) in [5.41, 5.74) is 14.1. The van der Waals surface area contributed by atoms with Gasteiger partial charge in [-0.25, -0.2) is 0 Å². The van der Waals surface area contributed by atoms with Gasteiger partial charge in [-0.05, 0) is 50.9 Å². The number of rotatable bonds is 7. The summed E-state index contributed by atoms with van der Waals surface area (Å²) in [5.74, 6) is 0. The molecule has 0 aliphatic rings. The monoisotopic (exact) mass is 271 g/mol. The van der Waals surface area contributed by atoms with E-state index in [1.54, 1.807) is 0 Å². The summed E-state index contributed by atoms with van der Waals surface area (Å²) in [4.78, 5) is 2.33. The zero-order valence-corrected chi connectivity index (χ0v) is 12.2. The molecule has 3 nitrogen and oxygen atoms in total. The standard InChI is InChI=1S/C14H25N3.ClH/c1-3-17(4-2)13-9-7-12(8-10-13)14(16)6-5-11-15;/h7-10,14H,3-6,11,15-16H2,1-2H3;1H/t14-;/m0./s1. The Morgan fingerprint density at radius 3 is 2.11 bits per heavy atom. The number of anilines is 1. The van der Waals surface area contributed by atoms with E-state index in [0.29, 0.717) is 6.54 Å². The fourth-order valence-electron chi connectivity index (χ4n) is 2.03. The quantitative estimate of drug-likeness (QED) is 0.802. The number of halogens is 1. The van der Waals surface area contributed by atoms with Crippen LogP contribution in [0.4, 0.5) is 5.69 Å². The molecule has 0 heterocycles. The molecule has 0 bridgehead atoms. The minimum absolute atomic E-state index is 0. The van der Waals surface area contributed by atoms with Crippen LogP contribution in [0.3, 0.4) is 0 Å². The maximum atomic E-state index is 6.10. The van der Waals surface area contributed by atoms with Crippen LogP contribution in [0, 0.1) is 0 Å². The summed E-state index contributed by atoms with van der Waals surface area (Å²) in [6.45, 7) is 7.13. The van der Waals surface area contributed by atoms with Crippen molar-refractivity contribution in [1.82, 2.24) is 0 Å². The first-order valence-electron chi connectivity index (χ1n) is 6.53. The molecule has 0 aromatic heterocycles. The lowest BCUT2D eigenvalue weighted by Gasteiger charge is -2.21. The molecular formula is C14H26ClN3. The maximum Gasteiger partial charge on any atom is 0.0366 e. The van der Waals surface area contributed by atoms with Gasteiger partial charge in [0.1, 0.15) is 0 Å². The average Bonchev–Trinajstić information content (AvgIpc) is 2.38. The van der Waals surface area contributed by atoms with Gasteiger partial charge in [0.2, 0.25) is 0 Å². The first-order chi connectivity index (χ1) is 8.22. The van der Waals surface area contributed by atoms with E-state index in [-0.39, 0.29) is 18.4 Å². The molecule has 104 valence electrons. The van der Waals surface area contributed by atoms with Gasteiger partial charge in [-0.15, -0.1) is 12.4 Å². The molecule has 0 spiro atoms. The molecule has 4 heteroatoms. The van der Waals surface area contributed by atoms with Gasteiger partial charge in [-0.3, -0.25) is 0 Å². The van der Waals surface area contributed by atoms with E-state index in [2.05, 4.69) is 43.0 Å². The van der Waals surface area contributed by atoms with E-state index in [1.807, 2.05) is 0 Å². The molecule has 0 aliphatic carbocycles. The maximum absolute atomic E-state index is 6.10. The fraction of sp³-hybridized carbons (Fsp3) is 0.571. The Morgan fingerprint density at radius 1 is 1.11 bits per heavy atom. The lowest BCUT2D eigenvalue weighted by atomic mass is 10.0. The Hall–Kier alpha value is -0.770. The highest BCUT2D eigenvalue weighted by Crippen LogP contribution is 2.20. The summed E-state index contributed by atoms with van der Waals surface area (Å²) in [5, 5.41) is 0. The van der Waals surface area contributed by atoms with Gasteiger partial charge in [0.15, 0.2) is 0 Å². The van der Waals surface area contributed by atoms with Crippen molar-refractivity contribution in [2.24, 2.45) is 11.5 Å². The highest BCUT2D eigenvalue weighted by Gasteiger charge is 2.06. The van der Waals surface area contributed by atoms with Crippen molar-refractivity contribution in [1.29, 1.82) is 0 Å². The topological polar surface area (TPSA) is 55.3 Å². The molecule has 4 N–H and O–H groups in total. The third-order valence-electron chi connectivity index (χ3n) is 3.17. The molecule has 1 aromatic carbocycles. The molecule has 0 unspecified atom stereocenters. The zero-order valence-electron chi connectivity index (χ0n) is 11.4. The van der Waals surface area contributed by atoms with Crippen molar-refractivity contribution in [3.8, 4) is 0 Å². The summed E-state index contributed by atoms with van der Waals surface area (Å²) in [6.07, 6.45) is 1.94. The summed E-state index contributed by atoms with van der Waals surface area (Å²) in [6, 6.07) is 8.70. The number of benzene rings is 1. The molecule has 1 aromatic rings. The summed E-state index contributed by atoms with van der Waals surface area (Å²) < 4.78 is 0. The Kier molecular flexibility index (Phi) is 8.81. The highest BCUT2D eigenvalue weighted by atomic mass is 35.5. The third-order valence-corrected chi connectivity index (χ3v) is 3.17. The largest absolute Gasteiger partial charge is 0.372 e. The van der Waals surface area contributed by atoms with Crippen LogP contribution >= 0.6 is 12.4 Å². The van der Waals surface area contributed by atoms with E-state index in [9.17, 15) is 0 Å². The predicted molar refractivity (Wildman–Crippen MR) is 82.5 cm³/mol. The van der Waals surface area contributed by atoms with Crippen LogP contribution in [-0.4, -0.2) is 19.6 Å². The average molecular weight is 272 g/mol. The minimum atomic E-state index is 0. The van der Waals surface area contributed by atoms with E-state index >= 15 is 0 Å². The van der Waals surface area contributed by atoms with Gasteiger partial charge in [0.25, 0.3) is 0 Å². The van der Waals surface area contributed by atoms with E-state index in [0.717, 1.165) is 25.9 Å². The zero-order chi connectivity index (χ0) is 12.7. The van der Waals surface area contributed by atoms with Crippen LogP contribution in [0.2, 0.25) is 0 Å². The molecule has 0 aliphatic heterocycles. The second kappa shape index (κ2) is 9.20. The van der Waals surface area contributed by atoms with Gasteiger partial charge in [-0.1, -0.05) is 12.1 Å². The van der Waals surface area contributed by atoms with E-state index < -0.39 is 0 Å². The van der Waals surface area contributed by atoms with Crippen molar-refractivity contribution >= 4 is 18.1 Å². The molecule has 0 saturated carbocycles.